The Labute approximate surface area is 210 Å². The molecule has 6 nitrogen and oxygen atoms in total. The Balaban J connectivity index is 1.35. The molecule has 1 saturated heterocycles. The number of nitrogens with zero attached hydrogens (tertiary/aromatic N) is 3. The molecule has 2 fully saturated rings. The van der Waals surface area contributed by atoms with E-state index in [1.165, 1.54) is 6.07 Å². The molecule has 2 heterocycles. The van der Waals surface area contributed by atoms with E-state index >= 15 is 0 Å². The number of carbonyl (C=O) groups is 2. The lowest BCUT2D eigenvalue weighted by molar-refractivity contribution is -0.151. The number of hydrogen-bond acceptors (Lipinski definition) is 4. The second-order valence-electron chi connectivity index (χ2n) is 9.89. The van der Waals surface area contributed by atoms with Crippen molar-refractivity contribution < 1.29 is 23.1 Å². The zero-order valence-corrected chi connectivity index (χ0v) is 20.4. The van der Waals surface area contributed by atoms with Crippen molar-refractivity contribution in [3.05, 3.63) is 77.4 Å². The van der Waals surface area contributed by atoms with Gasteiger partial charge in [-0.2, -0.15) is 0 Å². The van der Waals surface area contributed by atoms with Crippen molar-refractivity contribution >= 4 is 17.4 Å². The molecule has 2 aromatic carbocycles. The topological polar surface area (TPSA) is 53.1 Å². The van der Waals surface area contributed by atoms with Gasteiger partial charge in [-0.25, -0.2) is 8.78 Å². The lowest BCUT2D eigenvalue weighted by Gasteiger charge is -2.33. The van der Waals surface area contributed by atoms with Crippen LogP contribution in [0, 0.1) is 17.6 Å². The normalized spacial score (nSPS) is 21.4. The Morgan fingerprint density at radius 2 is 1.75 bits per heavy atom. The first-order chi connectivity index (χ1) is 17.4. The summed E-state index contributed by atoms with van der Waals surface area (Å²) in [6.07, 6.45) is 2.81. The average molecular weight is 496 g/mol. The summed E-state index contributed by atoms with van der Waals surface area (Å²) in [7, 11) is 2.03. The summed E-state index contributed by atoms with van der Waals surface area (Å²) in [4.78, 5) is 32.2. The SMILES string of the molecule is CN1CCN(C(=O)CO[C@H](C(=O)N2CC(c3cc(F)ccc3F)=C[C@H]2c2ccccc2)C2CC2)CC1. The molecule has 2 atom stereocenters. The molecule has 190 valence electrons. The average Bonchev–Trinajstić information content (AvgIpc) is 3.63. The summed E-state index contributed by atoms with van der Waals surface area (Å²) in [5.41, 5.74) is 1.58. The number of carbonyl (C=O) groups excluding carboxylic acids is 2. The number of amides is 2. The summed E-state index contributed by atoms with van der Waals surface area (Å²) >= 11 is 0. The van der Waals surface area contributed by atoms with Gasteiger partial charge in [-0.3, -0.25) is 9.59 Å². The molecule has 1 aliphatic carbocycles. The Bertz CT molecular complexity index is 1140. The highest BCUT2D eigenvalue weighted by Crippen LogP contribution is 2.40. The summed E-state index contributed by atoms with van der Waals surface area (Å²) in [6.45, 7) is 2.92. The number of likely N-dealkylation sites (N-methyl/N-ethyl adjacent to an activating group) is 1. The molecule has 0 radical (unpaired) electrons. The van der Waals surface area contributed by atoms with Crippen molar-refractivity contribution in [2.75, 3.05) is 46.4 Å². The van der Waals surface area contributed by atoms with E-state index in [1.54, 1.807) is 9.80 Å². The van der Waals surface area contributed by atoms with Gasteiger partial charge in [0.05, 0.1) is 6.04 Å². The maximum Gasteiger partial charge on any atom is 0.253 e. The van der Waals surface area contributed by atoms with Gasteiger partial charge >= 0.3 is 0 Å². The number of rotatable bonds is 7. The van der Waals surface area contributed by atoms with Gasteiger partial charge in [0.25, 0.3) is 5.91 Å². The van der Waals surface area contributed by atoms with E-state index in [0.29, 0.717) is 18.7 Å². The maximum absolute atomic E-state index is 14.6. The molecule has 2 amide bonds. The molecule has 0 unspecified atom stereocenters. The molecular formula is C28H31F2N3O3. The summed E-state index contributed by atoms with van der Waals surface area (Å²) in [5.74, 6) is -1.33. The monoisotopic (exact) mass is 495 g/mol. The van der Waals surface area contributed by atoms with Crippen LogP contribution in [0.4, 0.5) is 8.78 Å². The fraction of sp³-hybridized carbons (Fsp3) is 0.429. The minimum atomic E-state index is -0.738. The number of halogens is 2. The van der Waals surface area contributed by atoms with Gasteiger partial charge < -0.3 is 19.4 Å². The number of ether oxygens (including phenoxy) is 1. The first-order valence-electron chi connectivity index (χ1n) is 12.5. The van der Waals surface area contributed by atoms with Crippen LogP contribution in [0.3, 0.4) is 0 Å². The van der Waals surface area contributed by atoms with Crippen LogP contribution in [-0.4, -0.2) is 79.0 Å². The molecule has 2 aromatic rings. The predicted molar refractivity (Wildman–Crippen MR) is 132 cm³/mol. The smallest absolute Gasteiger partial charge is 0.253 e. The van der Waals surface area contributed by atoms with Crippen molar-refractivity contribution in [3.8, 4) is 0 Å². The van der Waals surface area contributed by atoms with Crippen molar-refractivity contribution in [3.63, 3.8) is 0 Å². The largest absolute Gasteiger partial charge is 0.358 e. The van der Waals surface area contributed by atoms with E-state index in [1.807, 2.05) is 43.5 Å². The zero-order chi connectivity index (χ0) is 25.2. The third-order valence-corrected chi connectivity index (χ3v) is 7.27. The molecule has 0 aromatic heterocycles. The predicted octanol–water partition coefficient (Wildman–Crippen LogP) is 3.50. The third-order valence-electron chi connectivity index (χ3n) is 7.27. The summed E-state index contributed by atoms with van der Waals surface area (Å²) in [5, 5.41) is 0. The van der Waals surface area contributed by atoms with Crippen LogP contribution in [0.25, 0.3) is 5.57 Å². The molecule has 1 saturated carbocycles. The molecular weight excluding hydrogens is 464 g/mol. The van der Waals surface area contributed by atoms with E-state index in [4.69, 9.17) is 4.74 Å². The molecule has 5 rings (SSSR count). The standard InChI is InChI=1S/C28H31F2N3O3/c1-31-11-13-32(14-12-31)26(34)18-36-27(20-7-8-20)28(35)33-17-21(23-16-22(29)9-10-24(23)30)15-25(33)19-5-3-2-4-6-19/h2-6,9-10,15-16,20,25,27H,7-8,11-14,17-18H2,1H3/t25-,27-/m0/s1. The van der Waals surface area contributed by atoms with E-state index in [-0.39, 0.29) is 36.4 Å². The Kier molecular flexibility index (Phi) is 7.16. The fourth-order valence-corrected chi connectivity index (χ4v) is 4.95. The Hall–Kier alpha value is -3.10. The molecule has 0 spiro atoms. The lowest BCUT2D eigenvalue weighted by atomic mass is 10.0. The first-order valence-corrected chi connectivity index (χ1v) is 12.5. The maximum atomic E-state index is 14.6. The van der Waals surface area contributed by atoms with Crippen molar-refractivity contribution in [1.82, 2.24) is 14.7 Å². The van der Waals surface area contributed by atoms with Crippen molar-refractivity contribution in [1.29, 1.82) is 0 Å². The number of piperazine rings is 1. The molecule has 2 aliphatic heterocycles. The zero-order valence-electron chi connectivity index (χ0n) is 20.4. The fourth-order valence-electron chi connectivity index (χ4n) is 4.95. The number of benzene rings is 2. The highest BCUT2D eigenvalue weighted by Gasteiger charge is 2.43. The van der Waals surface area contributed by atoms with Gasteiger partial charge in [-0.15, -0.1) is 0 Å². The molecule has 3 aliphatic rings. The van der Waals surface area contributed by atoms with Gasteiger partial charge in [0, 0.05) is 38.3 Å². The van der Waals surface area contributed by atoms with Crippen LogP contribution >= 0.6 is 0 Å². The van der Waals surface area contributed by atoms with E-state index in [0.717, 1.165) is 43.6 Å². The summed E-state index contributed by atoms with van der Waals surface area (Å²) in [6, 6.07) is 12.4. The van der Waals surface area contributed by atoms with Gasteiger partial charge in [0.1, 0.15) is 24.3 Å². The molecule has 36 heavy (non-hydrogen) atoms. The molecule has 0 N–H and O–H groups in total. The summed E-state index contributed by atoms with van der Waals surface area (Å²) < 4.78 is 34.5. The second kappa shape index (κ2) is 10.5. The minimum absolute atomic E-state index is 0.0594. The van der Waals surface area contributed by atoms with Crippen molar-refractivity contribution in [2.45, 2.75) is 25.0 Å². The van der Waals surface area contributed by atoms with Crippen LogP contribution in [0.5, 0.6) is 0 Å². The number of hydrogen-bond donors (Lipinski definition) is 0. The van der Waals surface area contributed by atoms with Gasteiger partial charge in [0.15, 0.2) is 0 Å². The highest BCUT2D eigenvalue weighted by atomic mass is 19.1. The van der Waals surface area contributed by atoms with Crippen molar-refractivity contribution in [2.24, 2.45) is 5.92 Å². The van der Waals surface area contributed by atoms with Crippen LogP contribution in [0.1, 0.15) is 30.0 Å². The van der Waals surface area contributed by atoms with Gasteiger partial charge in [-0.05, 0) is 55.1 Å². The van der Waals surface area contributed by atoms with Gasteiger partial charge in [-0.1, -0.05) is 36.4 Å². The van der Waals surface area contributed by atoms with E-state index < -0.39 is 23.8 Å². The third kappa shape index (κ3) is 5.34. The Morgan fingerprint density at radius 1 is 1.03 bits per heavy atom. The highest BCUT2D eigenvalue weighted by molar-refractivity contribution is 5.87. The van der Waals surface area contributed by atoms with Crippen LogP contribution in [-0.2, 0) is 14.3 Å². The molecule has 8 heteroatoms. The second-order valence-corrected chi connectivity index (χ2v) is 9.89. The lowest BCUT2D eigenvalue weighted by Crippen LogP contribution is -2.49. The Morgan fingerprint density at radius 3 is 2.44 bits per heavy atom. The molecule has 0 bridgehead atoms. The first kappa shape index (κ1) is 24.6. The van der Waals surface area contributed by atoms with Crippen LogP contribution in [0.2, 0.25) is 0 Å². The van der Waals surface area contributed by atoms with Crippen LogP contribution < -0.4 is 0 Å². The van der Waals surface area contributed by atoms with Crippen LogP contribution in [0.15, 0.2) is 54.6 Å². The van der Waals surface area contributed by atoms with Gasteiger partial charge in [0.2, 0.25) is 5.91 Å². The minimum Gasteiger partial charge on any atom is -0.358 e. The quantitative estimate of drug-likeness (QED) is 0.590. The van der Waals surface area contributed by atoms with E-state index in [2.05, 4.69) is 4.90 Å². The van der Waals surface area contributed by atoms with E-state index in [9.17, 15) is 18.4 Å².